The topological polar surface area (TPSA) is 63.1 Å². The van der Waals surface area contributed by atoms with Crippen molar-refractivity contribution in [3.8, 4) is 10.6 Å². The zero-order valence-corrected chi connectivity index (χ0v) is 19.4. The number of aromatic nitrogens is 2. The van der Waals surface area contributed by atoms with Gasteiger partial charge in [0.2, 0.25) is 0 Å². The Morgan fingerprint density at radius 3 is 2.47 bits per heavy atom. The lowest BCUT2D eigenvalue weighted by molar-refractivity contribution is -0.138. The van der Waals surface area contributed by atoms with Crippen LogP contribution in [0.15, 0.2) is 41.3 Å². The third kappa shape index (κ3) is 4.97. The number of carbonyl (C=O) groups is 1. The maximum absolute atomic E-state index is 12.8. The molecular formula is C22H17F3N2O2S3. The number of thiazole rings is 2. The molecule has 0 aliphatic heterocycles. The summed E-state index contributed by atoms with van der Waals surface area (Å²) >= 11 is 4.50. The number of alkyl halides is 3. The summed E-state index contributed by atoms with van der Waals surface area (Å²) in [4.78, 5) is 22.0. The smallest absolute Gasteiger partial charge is 0.416 e. The van der Waals surface area contributed by atoms with Gasteiger partial charge in [-0.3, -0.25) is 4.79 Å². The van der Waals surface area contributed by atoms with Gasteiger partial charge in [-0.1, -0.05) is 12.1 Å². The van der Waals surface area contributed by atoms with Crippen LogP contribution < -0.4 is 0 Å². The summed E-state index contributed by atoms with van der Waals surface area (Å²) in [7, 11) is 0. The Bertz CT molecular complexity index is 1290. The van der Waals surface area contributed by atoms with Gasteiger partial charge in [-0.05, 0) is 43.7 Å². The first kappa shape index (κ1) is 22.8. The zero-order valence-electron chi connectivity index (χ0n) is 17.0. The van der Waals surface area contributed by atoms with Crippen LogP contribution in [0.3, 0.4) is 0 Å². The van der Waals surface area contributed by atoms with E-state index in [4.69, 9.17) is 5.11 Å². The van der Waals surface area contributed by atoms with Crippen molar-refractivity contribution in [3.05, 3.63) is 63.1 Å². The number of fused-ring (bicyclic) bond motifs is 1. The van der Waals surface area contributed by atoms with Gasteiger partial charge in [0.15, 0.2) is 0 Å². The number of carboxylic acids is 1. The van der Waals surface area contributed by atoms with E-state index >= 15 is 0 Å². The molecule has 0 aliphatic carbocycles. The fourth-order valence-corrected chi connectivity index (χ4v) is 6.39. The minimum absolute atomic E-state index is 0.0896. The predicted molar refractivity (Wildman–Crippen MR) is 123 cm³/mol. The molecule has 0 radical (unpaired) electrons. The molecule has 0 bridgehead atoms. The average molecular weight is 495 g/mol. The lowest BCUT2D eigenvalue weighted by Gasteiger charge is -2.06. The van der Waals surface area contributed by atoms with Crippen LogP contribution >= 0.6 is 34.4 Å². The van der Waals surface area contributed by atoms with Crippen molar-refractivity contribution in [2.45, 2.75) is 37.1 Å². The number of halogens is 3. The van der Waals surface area contributed by atoms with Gasteiger partial charge < -0.3 is 5.11 Å². The van der Waals surface area contributed by atoms with Crippen LogP contribution in [0.5, 0.6) is 0 Å². The summed E-state index contributed by atoms with van der Waals surface area (Å²) in [6, 6.07) is 9.05. The van der Waals surface area contributed by atoms with E-state index in [1.165, 1.54) is 34.8 Å². The SMILES string of the molecule is Cc1cc2sc(CC(=O)O)nc2cc1SCc1sc(-c2ccc(C(F)(F)F)cc2)nc1C. The van der Waals surface area contributed by atoms with Gasteiger partial charge in [0.25, 0.3) is 0 Å². The molecule has 2 heterocycles. The average Bonchev–Trinajstić information content (AvgIpc) is 3.27. The molecule has 0 spiro atoms. The molecule has 1 N–H and O–H groups in total. The summed E-state index contributed by atoms with van der Waals surface area (Å²) in [5.41, 5.74) is 2.70. The second-order valence-electron chi connectivity index (χ2n) is 7.15. The molecule has 0 unspecified atom stereocenters. The molecule has 2 aromatic heterocycles. The number of hydrogen-bond donors (Lipinski definition) is 1. The second kappa shape index (κ2) is 8.84. The van der Waals surface area contributed by atoms with Gasteiger partial charge in [0, 0.05) is 21.1 Å². The predicted octanol–water partition coefficient (Wildman–Crippen LogP) is 6.97. The van der Waals surface area contributed by atoms with Gasteiger partial charge in [-0.25, -0.2) is 9.97 Å². The van der Waals surface area contributed by atoms with Crippen LogP contribution in [0.25, 0.3) is 20.8 Å². The number of rotatable bonds is 6. The van der Waals surface area contributed by atoms with Crippen LogP contribution in [-0.4, -0.2) is 21.0 Å². The number of nitrogens with zero attached hydrogens (tertiary/aromatic N) is 2. The van der Waals surface area contributed by atoms with E-state index in [1.54, 1.807) is 11.8 Å². The van der Waals surface area contributed by atoms with Gasteiger partial charge >= 0.3 is 12.1 Å². The molecule has 4 aromatic rings. The lowest BCUT2D eigenvalue weighted by atomic mass is 10.1. The molecule has 10 heteroatoms. The highest BCUT2D eigenvalue weighted by Crippen LogP contribution is 2.37. The number of aryl methyl sites for hydroxylation is 2. The highest BCUT2D eigenvalue weighted by Gasteiger charge is 2.30. The second-order valence-corrected chi connectivity index (χ2v) is 10.4. The maximum Gasteiger partial charge on any atom is 0.416 e. The van der Waals surface area contributed by atoms with Crippen molar-refractivity contribution >= 4 is 50.6 Å². The molecule has 4 nitrogen and oxygen atoms in total. The van der Waals surface area contributed by atoms with E-state index < -0.39 is 17.7 Å². The fourth-order valence-electron chi connectivity index (χ4n) is 3.10. The number of benzene rings is 2. The van der Waals surface area contributed by atoms with E-state index in [0.29, 0.717) is 21.3 Å². The summed E-state index contributed by atoms with van der Waals surface area (Å²) in [6.45, 7) is 3.90. The van der Waals surface area contributed by atoms with E-state index in [1.807, 2.05) is 26.0 Å². The highest BCUT2D eigenvalue weighted by atomic mass is 32.2. The minimum Gasteiger partial charge on any atom is -0.481 e. The van der Waals surface area contributed by atoms with Crippen LogP contribution in [0, 0.1) is 13.8 Å². The molecule has 0 amide bonds. The van der Waals surface area contributed by atoms with Crippen molar-refractivity contribution in [1.82, 2.24) is 9.97 Å². The van der Waals surface area contributed by atoms with Crippen molar-refractivity contribution in [1.29, 1.82) is 0 Å². The monoisotopic (exact) mass is 494 g/mol. The van der Waals surface area contributed by atoms with Crippen molar-refractivity contribution in [2.24, 2.45) is 0 Å². The Hall–Kier alpha value is -2.43. The van der Waals surface area contributed by atoms with E-state index in [0.717, 1.165) is 43.4 Å². The van der Waals surface area contributed by atoms with Crippen molar-refractivity contribution in [2.75, 3.05) is 0 Å². The van der Waals surface area contributed by atoms with Gasteiger partial charge in [0.1, 0.15) is 10.0 Å². The number of thioether (sulfide) groups is 1. The third-order valence-corrected chi connectivity index (χ3v) is 8.33. The molecule has 0 fully saturated rings. The summed E-state index contributed by atoms with van der Waals surface area (Å²) in [5.74, 6) is -0.234. The minimum atomic E-state index is -4.36. The van der Waals surface area contributed by atoms with Crippen molar-refractivity contribution < 1.29 is 23.1 Å². The Balaban J connectivity index is 1.52. The molecule has 166 valence electrons. The molecule has 2 aromatic carbocycles. The number of aliphatic carboxylic acids is 1. The Morgan fingerprint density at radius 2 is 1.81 bits per heavy atom. The van der Waals surface area contributed by atoms with Gasteiger partial charge in [0.05, 0.1) is 27.9 Å². The molecule has 32 heavy (non-hydrogen) atoms. The van der Waals surface area contributed by atoms with E-state index in [-0.39, 0.29) is 6.42 Å². The van der Waals surface area contributed by atoms with Crippen LogP contribution in [0.4, 0.5) is 13.2 Å². The van der Waals surface area contributed by atoms with Crippen LogP contribution in [-0.2, 0) is 23.1 Å². The number of hydrogen-bond acceptors (Lipinski definition) is 6. The van der Waals surface area contributed by atoms with Gasteiger partial charge in [-0.2, -0.15) is 13.2 Å². The highest BCUT2D eigenvalue weighted by molar-refractivity contribution is 7.98. The first-order chi connectivity index (χ1) is 15.1. The molecular weight excluding hydrogens is 477 g/mol. The molecule has 0 atom stereocenters. The van der Waals surface area contributed by atoms with E-state index in [9.17, 15) is 18.0 Å². The van der Waals surface area contributed by atoms with Crippen LogP contribution in [0.2, 0.25) is 0 Å². The zero-order chi connectivity index (χ0) is 23.0. The Kier molecular flexibility index (Phi) is 6.28. The molecule has 4 rings (SSSR count). The normalized spacial score (nSPS) is 11.9. The summed E-state index contributed by atoms with van der Waals surface area (Å²) in [5, 5.41) is 10.2. The van der Waals surface area contributed by atoms with Gasteiger partial charge in [-0.15, -0.1) is 34.4 Å². The summed E-state index contributed by atoms with van der Waals surface area (Å²) in [6.07, 6.45) is -4.45. The quantitative estimate of drug-likeness (QED) is 0.293. The molecule has 0 aliphatic rings. The Labute approximate surface area is 194 Å². The third-order valence-electron chi connectivity index (χ3n) is 4.74. The standard InChI is InChI=1S/C22H17F3N2O2S3/c1-11-7-17-15(27-19(31-17)9-20(28)29)8-16(11)30-10-18-12(2)26-21(32-18)13-3-5-14(6-4-13)22(23,24)25/h3-8H,9-10H2,1-2H3,(H,28,29). The first-order valence-electron chi connectivity index (χ1n) is 9.49. The van der Waals surface area contributed by atoms with Crippen molar-refractivity contribution in [3.63, 3.8) is 0 Å². The number of carboxylic acid groups (broad SMARTS) is 1. The molecule has 0 saturated heterocycles. The fraction of sp³-hybridized carbons (Fsp3) is 0.227. The van der Waals surface area contributed by atoms with E-state index in [2.05, 4.69) is 9.97 Å². The largest absolute Gasteiger partial charge is 0.481 e. The molecule has 0 saturated carbocycles. The lowest BCUT2D eigenvalue weighted by Crippen LogP contribution is -2.03. The first-order valence-corrected chi connectivity index (χ1v) is 12.1. The summed E-state index contributed by atoms with van der Waals surface area (Å²) < 4.78 is 39.3. The Morgan fingerprint density at radius 1 is 1.09 bits per heavy atom. The van der Waals surface area contributed by atoms with Crippen LogP contribution in [0.1, 0.15) is 26.7 Å². The maximum atomic E-state index is 12.8.